The lowest BCUT2D eigenvalue weighted by atomic mass is 9.65. The van der Waals surface area contributed by atoms with E-state index in [9.17, 15) is 5.11 Å². The number of nitrogens with two attached hydrogens (primary N) is 1. The minimum absolute atomic E-state index is 0.104. The molecule has 3 N–H and O–H groups in total. The Morgan fingerprint density at radius 2 is 1.76 bits per heavy atom. The second-order valence-corrected chi connectivity index (χ2v) is 7.26. The molecule has 1 unspecified atom stereocenters. The van der Waals surface area contributed by atoms with E-state index >= 15 is 0 Å². The lowest BCUT2D eigenvalue weighted by molar-refractivity contribution is -0.0103. The molecule has 0 saturated heterocycles. The molecule has 2 fully saturated rings. The monoisotopic (exact) mass is 287 g/mol. The predicted octanol–water partition coefficient (Wildman–Crippen LogP) is 4.14. The van der Waals surface area contributed by atoms with Crippen molar-refractivity contribution >= 4 is 0 Å². The van der Waals surface area contributed by atoms with Gasteiger partial charge in [-0.25, -0.2) is 0 Å². The molecule has 2 heteroatoms. The van der Waals surface area contributed by atoms with Gasteiger partial charge in [0, 0.05) is 12.0 Å². The van der Waals surface area contributed by atoms with E-state index < -0.39 is 6.10 Å². The number of benzene rings is 1. The van der Waals surface area contributed by atoms with Crippen LogP contribution < -0.4 is 5.73 Å². The molecule has 2 saturated carbocycles. The highest BCUT2D eigenvalue weighted by Gasteiger charge is 2.40. The first-order valence-corrected chi connectivity index (χ1v) is 8.66. The highest BCUT2D eigenvalue weighted by Crippen LogP contribution is 2.48. The Kier molecular flexibility index (Phi) is 4.37. The Hall–Kier alpha value is -0.860. The number of aliphatic hydroxyl groups is 1. The van der Waals surface area contributed by atoms with Crippen LogP contribution >= 0.6 is 0 Å². The van der Waals surface area contributed by atoms with Crippen LogP contribution in [-0.2, 0) is 0 Å². The molecule has 0 bridgehead atoms. The van der Waals surface area contributed by atoms with Crippen LogP contribution in [0.3, 0.4) is 0 Å². The predicted molar refractivity (Wildman–Crippen MR) is 87.1 cm³/mol. The van der Waals surface area contributed by atoms with Crippen LogP contribution in [0, 0.1) is 11.3 Å². The van der Waals surface area contributed by atoms with Gasteiger partial charge in [-0.2, -0.15) is 0 Å². The van der Waals surface area contributed by atoms with Crippen LogP contribution in [0.4, 0.5) is 0 Å². The van der Waals surface area contributed by atoms with Gasteiger partial charge in [-0.05, 0) is 61.5 Å². The first kappa shape index (κ1) is 15.1. The van der Waals surface area contributed by atoms with Crippen molar-refractivity contribution in [3.05, 3.63) is 35.4 Å². The number of aliphatic hydroxyl groups excluding tert-OH is 1. The molecule has 0 spiro atoms. The van der Waals surface area contributed by atoms with Gasteiger partial charge in [-0.1, -0.05) is 37.6 Å². The fourth-order valence-corrected chi connectivity index (χ4v) is 3.97. The maximum Gasteiger partial charge on any atom is 0.0858 e. The maximum atomic E-state index is 10.9. The zero-order valence-electron chi connectivity index (χ0n) is 13.2. The van der Waals surface area contributed by atoms with Gasteiger partial charge < -0.3 is 10.8 Å². The average Bonchev–Trinajstić information content (AvgIpc) is 3.39. The molecule has 0 radical (unpaired) electrons. The molecule has 0 aromatic heterocycles. The number of hydrogen-bond donors (Lipinski definition) is 2. The summed E-state index contributed by atoms with van der Waals surface area (Å²) in [4.78, 5) is 0. The second kappa shape index (κ2) is 6.10. The van der Waals surface area contributed by atoms with E-state index in [0.717, 1.165) is 30.2 Å². The van der Waals surface area contributed by atoms with Crippen molar-refractivity contribution < 1.29 is 5.11 Å². The highest BCUT2D eigenvalue weighted by molar-refractivity contribution is 5.30. The van der Waals surface area contributed by atoms with E-state index in [1.165, 1.54) is 37.7 Å². The van der Waals surface area contributed by atoms with Crippen molar-refractivity contribution in [1.29, 1.82) is 0 Å². The summed E-state index contributed by atoms with van der Waals surface area (Å²) in [6.07, 6.45) is 8.05. The van der Waals surface area contributed by atoms with E-state index in [4.69, 9.17) is 5.73 Å². The van der Waals surface area contributed by atoms with Crippen LogP contribution in [0.25, 0.3) is 0 Å². The molecular formula is C19H29NO. The molecule has 1 aromatic carbocycles. The highest BCUT2D eigenvalue weighted by atomic mass is 16.3. The van der Waals surface area contributed by atoms with Crippen LogP contribution in [0.2, 0.25) is 0 Å². The summed E-state index contributed by atoms with van der Waals surface area (Å²) in [5.74, 6) is 1.61. The summed E-state index contributed by atoms with van der Waals surface area (Å²) >= 11 is 0. The third kappa shape index (κ3) is 3.02. The summed E-state index contributed by atoms with van der Waals surface area (Å²) in [5, 5.41) is 10.9. The van der Waals surface area contributed by atoms with Crippen LogP contribution in [0.15, 0.2) is 24.3 Å². The lowest BCUT2D eigenvalue weighted by Crippen LogP contribution is -2.40. The van der Waals surface area contributed by atoms with Gasteiger partial charge in [-0.15, -0.1) is 0 Å². The number of hydrogen-bond acceptors (Lipinski definition) is 2. The summed E-state index contributed by atoms with van der Waals surface area (Å²) in [6.45, 7) is 2.86. The van der Waals surface area contributed by atoms with E-state index in [-0.39, 0.29) is 5.41 Å². The molecule has 0 amide bonds. The standard InChI is InChI=1S/C19H29NO/c1-2-14-9-11-19(13-20,12-10-14)18(21)17-7-5-16(6-8-17)15-3-4-15/h5-8,14-15,18,21H,2-4,9-13,20H2,1H3. The van der Waals surface area contributed by atoms with Gasteiger partial charge in [0.25, 0.3) is 0 Å². The van der Waals surface area contributed by atoms with E-state index in [2.05, 4.69) is 31.2 Å². The Morgan fingerprint density at radius 1 is 1.14 bits per heavy atom. The summed E-state index contributed by atoms with van der Waals surface area (Å²) in [5.41, 5.74) is 8.48. The van der Waals surface area contributed by atoms with Gasteiger partial charge in [0.15, 0.2) is 0 Å². The largest absolute Gasteiger partial charge is 0.388 e. The minimum Gasteiger partial charge on any atom is -0.388 e. The first-order chi connectivity index (χ1) is 10.2. The Morgan fingerprint density at radius 3 is 2.24 bits per heavy atom. The van der Waals surface area contributed by atoms with Crippen molar-refractivity contribution in [3.8, 4) is 0 Å². The second-order valence-electron chi connectivity index (χ2n) is 7.26. The molecule has 0 heterocycles. The lowest BCUT2D eigenvalue weighted by Gasteiger charge is -2.43. The topological polar surface area (TPSA) is 46.2 Å². The zero-order chi connectivity index (χ0) is 14.9. The third-order valence-electron chi connectivity index (χ3n) is 5.97. The first-order valence-electron chi connectivity index (χ1n) is 8.66. The van der Waals surface area contributed by atoms with E-state index in [1.54, 1.807) is 0 Å². The van der Waals surface area contributed by atoms with Crippen molar-refractivity contribution in [2.24, 2.45) is 17.1 Å². The van der Waals surface area contributed by atoms with Crippen molar-refractivity contribution in [3.63, 3.8) is 0 Å². The summed E-state index contributed by atoms with van der Waals surface area (Å²) in [7, 11) is 0. The molecule has 2 nitrogen and oxygen atoms in total. The van der Waals surface area contributed by atoms with Crippen LogP contribution in [0.5, 0.6) is 0 Å². The maximum absolute atomic E-state index is 10.9. The van der Waals surface area contributed by atoms with Crippen molar-refractivity contribution in [2.75, 3.05) is 6.54 Å². The third-order valence-corrected chi connectivity index (χ3v) is 5.97. The molecule has 21 heavy (non-hydrogen) atoms. The average molecular weight is 287 g/mol. The van der Waals surface area contributed by atoms with Crippen molar-refractivity contribution in [2.45, 2.75) is 63.9 Å². The van der Waals surface area contributed by atoms with Gasteiger partial charge in [0.2, 0.25) is 0 Å². The molecule has 116 valence electrons. The molecule has 1 aromatic rings. The van der Waals surface area contributed by atoms with Crippen LogP contribution in [-0.4, -0.2) is 11.7 Å². The van der Waals surface area contributed by atoms with Crippen molar-refractivity contribution in [1.82, 2.24) is 0 Å². The minimum atomic E-state index is -0.409. The molecule has 1 atom stereocenters. The van der Waals surface area contributed by atoms with Gasteiger partial charge in [-0.3, -0.25) is 0 Å². The normalized spacial score (nSPS) is 31.1. The molecule has 2 aliphatic rings. The fourth-order valence-electron chi connectivity index (χ4n) is 3.97. The molecular weight excluding hydrogens is 258 g/mol. The van der Waals surface area contributed by atoms with E-state index in [0.29, 0.717) is 6.54 Å². The Bertz CT molecular complexity index is 455. The Balaban J connectivity index is 1.73. The Labute approximate surface area is 128 Å². The van der Waals surface area contributed by atoms with E-state index in [1.807, 2.05) is 0 Å². The van der Waals surface area contributed by atoms with Crippen LogP contribution in [0.1, 0.15) is 75.0 Å². The molecule has 0 aliphatic heterocycles. The smallest absolute Gasteiger partial charge is 0.0858 e. The van der Waals surface area contributed by atoms with Gasteiger partial charge >= 0.3 is 0 Å². The van der Waals surface area contributed by atoms with Gasteiger partial charge in [0.1, 0.15) is 0 Å². The SMILES string of the molecule is CCC1CCC(CN)(C(O)c2ccc(C3CC3)cc2)CC1. The number of rotatable bonds is 5. The summed E-state index contributed by atoms with van der Waals surface area (Å²) < 4.78 is 0. The van der Waals surface area contributed by atoms with Gasteiger partial charge in [0.05, 0.1) is 6.10 Å². The zero-order valence-corrected chi connectivity index (χ0v) is 13.2. The summed E-state index contributed by atoms with van der Waals surface area (Å²) in [6, 6.07) is 8.67. The molecule has 2 aliphatic carbocycles. The fraction of sp³-hybridized carbons (Fsp3) is 0.684. The quantitative estimate of drug-likeness (QED) is 0.855. The molecule has 3 rings (SSSR count).